The van der Waals surface area contributed by atoms with Gasteiger partial charge < -0.3 is 0 Å². The number of hydrogen-bond acceptors (Lipinski definition) is 2. The third-order valence-electron chi connectivity index (χ3n) is 8.74. The summed E-state index contributed by atoms with van der Waals surface area (Å²) in [5.41, 5.74) is 13.8. The summed E-state index contributed by atoms with van der Waals surface area (Å²) < 4.78 is 0. The summed E-state index contributed by atoms with van der Waals surface area (Å²) in [6.07, 6.45) is 5.77. The lowest BCUT2D eigenvalue weighted by atomic mass is 9.36. The van der Waals surface area contributed by atoms with E-state index in [1.165, 1.54) is 69.4 Å². The fourth-order valence-electron chi connectivity index (χ4n) is 6.67. The maximum Gasteiger partial charge on any atom is 0.247 e. The molecule has 0 N–H and O–H groups in total. The second-order valence-corrected chi connectivity index (χ2v) is 13.5. The zero-order valence-electron chi connectivity index (χ0n) is 24.7. The largest absolute Gasteiger partial charge is 0.247 e. The van der Waals surface area contributed by atoms with Gasteiger partial charge in [0.25, 0.3) is 0 Å². The molecular formula is C42H29BS2. The third-order valence-corrected chi connectivity index (χ3v) is 11.2. The Hall–Kier alpha value is -4.70. The lowest BCUT2D eigenvalue weighted by molar-refractivity contribution is 1.33. The first-order valence-electron chi connectivity index (χ1n) is 15.2. The highest BCUT2D eigenvalue weighted by atomic mass is 32.2. The molecule has 0 unspecified atom stereocenters. The molecule has 0 aliphatic carbocycles. The molecular weight excluding hydrogens is 579 g/mol. The van der Waals surface area contributed by atoms with Gasteiger partial charge >= 0.3 is 0 Å². The van der Waals surface area contributed by atoms with Crippen molar-refractivity contribution in [2.24, 2.45) is 0 Å². The van der Waals surface area contributed by atoms with Crippen LogP contribution < -0.4 is 16.4 Å². The molecule has 8 rings (SSSR count). The molecule has 2 heterocycles. The molecule has 0 radical (unpaired) electrons. The topological polar surface area (TPSA) is 0 Å². The molecule has 3 heteroatoms. The fourth-order valence-corrected chi connectivity index (χ4v) is 9.31. The zero-order valence-corrected chi connectivity index (χ0v) is 26.4. The van der Waals surface area contributed by atoms with Crippen molar-refractivity contribution in [3.8, 4) is 33.4 Å². The molecule has 0 spiro atoms. The molecule has 45 heavy (non-hydrogen) atoms. The van der Waals surface area contributed by atoms with Crippen LogP contribution >= 0.6 is 23.5 Å². The summed E-state index contributed by atoms with van der Waals surface area (Å²) in [5.74, 6) is 0. The van der Waals surface area contributed by atoms with Gasteiger partial charge in [-0.25, -0.2) is 0 Å². The van der Waals surface area contributed by atoms with E-state index in [1.807, 2.05) is 41.8 Å². The van der Waals surface area contributed by atoms with Crippen LogP contribution in [0.2, 0.25) is 0 Å². The van der Waals surface area contributed by atoms with Crippen LogP contribution in [0.3, 0.4) is 0 Å². The van der Waals surface area contributed by atoms with Gasteiger partial charge in [-0.05, 0) is 80.3 Å². The molecule has 2 aliphatic heterocycles. The average molecular weight is 609 g/mol. The number of hydrogen-bond donors (Lipinski definition) is 0. The van der Waals surface area contributed by atoms with Gasteiger partial charge in [-0.1, -0.05) is 169 Å². The van der Waals surface area contributed by atoms with E-state index < -0.39 is 0 Å². The standard InChI is InChI=1S/C42H29BS2/c1-3-14-28(4-2)30-17-12-19-32(25-30)34-27-35(33-20-13-18-31(26-33)29-15-6-5-7-16-29)42-40-41(34)44-38-23-10-8-21-36(38)43(40)37-22-9-11-24-39(37)45-42/h3-27H,1-2H2/b28-14+. The van der Waals surface area contributed by atoms with Crippen LogP contribution in [0, 0.1) is 0 Å². The Morgan fingerprint density at radius 1 is 0.533 bits per heavy atom. The van der Waals surface area contributed by atoms with Gasteiger partial charge in [0.05, 0.1) is 0 Å². The van der Waals surface area contributed by atoms with Gasteiger partial charge in [0.15, 0.2) is 0 Å². The Kier molecular flexibility index (Phi) is 7.21. The van der Waals surface area contributed by atoms with E-state index >= 15 is 0 Å². The Balaban J connectivity index is 1.43. The van der Waals surface area contributed by atoms with Crippen LogP contribution in [0.15, 0.2) is 184 Å². The van der Waals surface area contributed by atoms with Gasteiger partial charge in [0, 0.05) is 19.6 Å². The van der Waals surface area contributed by atoms with Crippen LogP contribution in [0.5, 0.6) is 0 Å². The SMILES string of the molecule is C=C/C=C(\C=C)c1cccc(-c2cc(-c3cccc(-c4ccccc4)c3)c3c4c2Sc2ccccc2B4c2ccccc2S3)c1. The van der Waals surface area contributed by atoms with Gasteiger partial charge in [0.1, 0.15) is 0 Å². The number of fused-ring (bicyclic) bond motifs is 4. The van der Waals surface area contributed by atoms with Crippen molar-refractivity contribution >= 4 is 52.2 Å². The predicted molar refractivity (Wildman–Crippen MR) is 197 cm³/mol. The van der Waals surface area contributed by atoms with Crippen LogP contribution in [0.25, 0.3) is 39.0 Å². The lowest BCUT2D eigenvalue weighted by Crippen LogP contribution is -2.58. The van der Waals surface area contributed by atoms with Crippen molar-refractivity contribution in [3.63, 3.8) is 0 Å². The quantitative estimate of drug-likeness (QED) is 0.136. The molecule has 0 nitrogen and oxygen atoms in total. The van der Waals surface area contributed by atoms with Crippen LogP contribution in [0.4, 0.5) is 0 Å². The van der Waals surface area contributed by atoms with Gasteiger partial charge in [0.2, 0.25) is 6.71 Å². The second kappa shape index (κ2) is 11.7. The molecule has 0 atom stereocenters. The normalized spacial score (nSPS) is 13.0. The maximum atomic E-state index is 4.08. The Bertz CT molecular complexity index is 2150. The summed E-state index contributed by atoms with van der Waals surface area (Å²) in [6, 6.07) is 49.0. The number of benzene rings is 6. The number of allylic oxidation sites excluding steroid dienone is 4. The summed E-state index contributed by atoms with van der Waals surface area (Å²) in [4.78, 5) is 5.38. The molecule has 2 aliphatic rings. The average Bonchev–Trinajstić information content (AvgIpc) is 3.11. The van der Waals surface area contributed by atoms with Crippen molar-refractivity contribution in [1.29, 1.82) is 0 Å². The van der Waals surface area contributed by atoms with E-state index in [1.54, 1.807) is 0 Å². The molecule has 0 amide bonds. The van der Waals surface area contributed by atoms with Crippen molar-refractivity contribution in [1.82, 2.24) is 0 Å². The first kappa shape index (κ1) is 27.8. The molecule has 6 aromatic carbocycles. The van der Waals surface area contributed by atoms with Crippen molar-refractivity contribution in [2.75, 3.05) is 0 Å². The Morgan fingerprint density at radius 2 is 1.09 bits per heavy atom. The van der Waals surface area contributed by atoms with E-state index in [9.17, 15) is 0 Å². The van der Waals surface area contributed by atoms with E-state index in [0.29, 0.717) is 0 Å². The van der Waals surface area contributed by atoms with Crippen molar-refractivity contribution in [2.45, 2.75) is 19.6 Å². The summed E-state index contributed by atoms with van der Waals surface area (Å²) in [7, 11) is 0. The van der Waals surface area contributed by atoms with Gasteiger partial charge in [-0.2, -0.15) is 0 Å². The molecule has 212 valence electrons. The monoisotopic (exact) mass is 608 g/mol. The maximum absolute atomic E-state index is 4.08. The third kappa shape index (κ3) is 4.84. The lowest BCUT2D eigenvalue weighted by Gasteiger charge is -2.35. The Morgan fingerprint density at radius 3 is 1.73 bits per heavy atom. The van der Waals surface area contributed by atoms with Crippen molar-refractivity contribution in [3.05, 3.63) is 170 Å². The number of rotatable bonds is 6. The minimum absolute atomic E-state index is 0.175. The van der Waals surface area contributed by atoms with E-state index in [2.05, 4.69) is 147 Å². The highest BCUT2D eigenvalue weighted by Gasteiger charge is 2.40. The second-order valence-electron chi connectivity index (χ2n) is 11.3. The summed E-state index contributed by atoms with van der Waals surface area (Å²) in [5, 5.41) is 0. The molecule has 0 bridgehead atoms. The molecule has 0 fully saturated rings. The fraction of sp³-hybridized carbons (Fsp3) is 0. The molecule has 0 aromatic heterocycles. The van der Waals surface area contributed by atoms with E-state index in [-0.39, 0.29) is 6.71 Å². The highest BCUT2D eigenvalue weighted by Crippen LogP contribution is 2.47. The minimum atomic E-state index is 0.175. The minimum Gasteiger partial charge on any atom is -0.0990 e. The molecule has 0 saturated heterocycles. The Labute approximate surface area is 274 Å². The molecule has 0 saturated carbocycles. The first-order chi connectivity index (χ1) is 22.2. The van der Waals surface area contributed by atoms with Gasteiger partial charge in [-0.15, -0.1) is 0 Å². The van der Waals surface area contributed by atoms with Crippen LogP contribution in [-0.2, 0) is 0 Å². The first-order valence-corrected chi connectivity index (χ1v) is 16.8. The van der Waals surface area contributed by atoms with Crippen molar-refractivity contribution < 1.29 is 0 Å². The summed E-state index contributed by atoms with van der Waals surface area (Å²) in [6.45, 7) is 8.18. The van der Waals surface area contributed by atoms with Crippen LogP contribution in [-0.4, -0.2) is 6.71 Å². The molecule has 6 aromatic rings. The zero-order chi connectivity index (χ0) is 30.3. The van der Waals surface area contributed by atoms with Crippen LogP contribution in [0.1, 0.15) is 5.56 Å². The smallest absolute Gasteiger partial charge is 0.0990 e. The predicted octanol–water partition coefficient (Wildman–Crippen LogP) is 9.89. The summed E-state index contributed by atoms with van der Waals surface area (Å²) >= 11 is 3.84. The van der Waals surface area contributed by atoms with E-state index in [4.69, 9.17) is 0 Å². The van der Waals surface area contributed by atoms with Gasteiger partial charge in [-0.3, -0.25) is 0 Å². The highest BCUT2D eigenvalue weighted by molar-refractivity contribution is 8.01. The van der Waals surface area contributed by atoms with E-state index in [0.717, 1.165) is 11.1 Å².